The molecule has 0 fully saturated rings. The summed E-state index contributed by atoms with van der Waals surface area (Å²) >= 11 is 0. The van der Waals surface area contributed by atoms with E-state index in [4.69, 9.17) is 6.42 Å². The molecule has 0 saturated carbocycles. The summed E-state index contributed by atoms with van der Waals surface area (Å²) in [5.41, 5.74) is -2.28. The number of carbonyl (C=O) groups excluding carboxylic acids is 2. The van der Waals surface area contributed by atoms with Crippen molar-refractivity contribution >= 4 is 11.6 Å². The van der Waals surface area contributed by atoms with Gasteiger partial charge < -0.3 is 20.4 Å². The van der Waals surface area contributed by atoms with Crippen LogP contribution in [-0.2, 0) is 6.42 Å². The number of hydrogen-bond acceptors (Lipinski definition) is 6. The van der Waals surface area contributed by atoms with Crippen molar-refractivity contribution in [3.8, 4) is 23.8 Å². The minimum atomic E-state index is -1.73. The van der Waals surface area contributed by atoms with Crippen LogP contribution >= 0.6 is 0 Å². The van der Waals surface area contributed by atoms with Crippen LogP contribution < -0.4 is 0 Å². The largest absolute Gasteiger partial charge is 0.507 e. The summed E-state index contributed by atoms with van der Waals surface area (Å²) in [5, 5.41) is 42.1. The molecule has 0 spiro atoms. The summed E-state index contributed by atoms with van der Waals surface area (Å²) in [5.74, 6) is -0.177. The van der Waals surface area contributed by atoms with Crippen LogP contribution in [0, 0.1) is 12.3 Å². The number of rotatable bonds is 0. The zero-order chi connectivity index (χ0) is 18.8. The van der Waals surface area contributed by atoms with Gasteiger partial charge in [-0.05, 0) is 0 Å². The van der Waals surface area contributed by atoms with Crippen LogP contribution in [0.2, 0.25) is 0 Å². The zero-order valence-electron chi connectivity index (χ0n) is 13.5. The predicted octanol–water partition coefficient (Wildman–Crippen LogP) is 1.22. The molecule has 2 aromatic rings. The van der Waals surface area contributed by atoms with Gasteiger partial charge in [0, 0.05) is 35.1 Å². The first-order chi connectivity index (χ1) is 12.3. The van der Waals surface area contributed by atoms with Gasteiger partial charge in [-0.15, -0.1) is 6.42 Å². The Hall–Kier alpha value is -3.14. The van der Waals surface area contributed by atoms with Gasteiger partial charge in [0.1, 0.15) is 17.1 Å². The number of aliphatic hydroxyl groups is 2. The Kier molecular flexibility index (Phi) is 3.25. The lowest BCUT2D eigenvalue weighted by molar-refractivity contribution is 0.0198. The van der Waals surface area contributed by atoms with Gasteiger partial charge in [-0.25, -0.2) is 0 Å². The third-order valence-electron chi connectivity index (χ3n) is 5.06. The molecule has 6 heteroatoms. The number of aromatic hydroxyl groups is 2. The number of carbonyl (C=O) groups is 2. The SMILES string of the molecule is C#C[C@]1(O)Cc2c(O)c3c(c(O)c2[C@@H](O)C1)C(=O)c1ccccc1C3=O. The third kappa shape index (κ3) is 1.96. The second-order valence-corrected chi connectivity index (χ2v) is 6.62. The fourth-order valence-corrected chi connectivity index (χ4v) is 3.82. The molecule has 2 aromatic carbocycles. The molecule has 0 bridgehead atoms. The standard InChI is InChI=1S/C20H14O6/c1-2-20(26)7-11-13(12(21)8-20)19(25)15-14(18(11)24)16(22)9-5-3-4-6-10(9)17(15)23/h1,3-6,12,21,24-26H,7-8H2/t12-,20-/m0/s1. The lowest BCUT2D eigenvalue weighted by atomic mass is 9.73. The lowest BCUT2D eigenvalue weighted by Gasteiger charge is -2.35. The number of terminal acetylenes is 1. The molecule has 0 saturated heterocycles. The number of ketones is 2. The molecule has 4 N–H and O–H groups in total. The molecule has 130 valence electrons. The Labute approximate surface area is 148 Å². The summed E-state index contributed by atoms with van der Waals surface area (Å²) in [7, 11) is 0. The first-order valence-corrected chi connectivity index (χ1v) is 7.96. The maximum absolute atomic E-state index is 12.8. The molecular weight excluding hydrogens is 336 g/mol. The molecule has 26 heavy (non-hydrogen) atoms. The fourth-order valence-electron chi connectivity index (χ4n) is 3.82. The van der Waals surface area contributed by atoms with Gasteiger partial charge in [0.15, 0.2) is 11.6 Å². The van der Waals surface area contributed by atoms with Crippen LogP contribution in [0.4, 0.5) is 0 Å². The minimum Gasteiger partial charge on any atom is -0.507 e. The number of phenolic OH excluding ortho intramolecular Hbond substituents is 2. The number of benzene rings is 2. The Balaban J connectivity index is 2.06. The Morgan fingerprint density at radius 3 is 2.12 bits per heavy atom. The van der Waals surface area contributed by atoms with E-state index >= 15 is 0 Å². The highest BCUT2D eigenvalue weighted by atomic mass is 16.3. The van der Waals surface area contributed by atoms with Crippen molar-refractivity contribution in [2.45, 2.75) is 24.5 Å². The maximum Gasteiger partial charge on any atom is 0.198 e. The van der Waals surface area contributed by atoms with Crippen LogP contribution in [0.5, 0.6) is 11.5 Å². The van der Waals surface area contributed by atoms with E-state index in [2.05, 4.69) is 5.92 Å². The predicted molar refractivity (Wildman–Crippen MR) is 90.1 cm³/mol. The van der Waals surface area contributed by atoms with Gasteiger partial charge in [-0.1, -0.05) is 30.2 Å². The summed E-state index contributed by atoms with van der Waals surface area (Å²) < 4.78 is 0. The summed E-state index contributed by atoms with van der Waals surface area (Å²) in [4.78, 5) is 25.7. The van der Waals surface area contributed by atoms with Crippen LogP contribution in [-0.4, -0.2) is 37.6 Å². The van der Waals surface area contributed by atoms with E-state index in [-0.39, 0.29) is 46.2 Å². The van der Waals surface area contributed by atoms with E-state index in [1.807, 2.05) is 0 Å². The number of aliphatic hydroxyl groups excluding tert-OH is 1. The highest BCUT2D eigenvalue weighted by molar-refractivity contribution is 6.30. The summed E-state index contributed by atoms with van der Waals surface area (Å²) in [6.07, 6.45) is 3.41. The molecule has 0 amide bonds. The monoisotopic (exact) mass is 350 g/mol. The molecule has 4 rings (SSSR count). The molecule has 6 nitrogen and oxygen atoms in total. The minimum absolute atomic E-state index is 0.0269. The van der Waals surface area contributed by atoms with Gasteiger partial charge in [0.2, 0.25) is 0 Å². The average molecular weight is 350 g/mol. The topological polar surface area (TPSA) is 115 Å². The van der Waals surface area contributed by atoms with Crippen molar-refractivity contribution in [3.05, 3.63) is 57.6 Å². The van der Waals surface area contributed by atoms with Crippen LogP contribution in [0.1, 0.15) is 55.5 Å². The average Bonchev–Trinajstić information content (AvgIpc) is 2.62. The van der Waals surface area contributed by atoms with E-state index in [1.165, 1.54) is 12.1 Å². The molecule has 0 heterocycles. The van der Waals surface area contributed by atoms with Gasteiger partial charge in [0.05, 0.1) is 17.2 Å². The molecule has 0 radical (unpaired) electrons. The summed E-state index contributed by atoms with van der Waals surface area (Å²) in [6.45, 7) is 0. The Morgan fingerprint density at radius 2 is 1.58 bits per heavy atom. The van der Waals surface area contributed by atoms with E-state index in [0.29, 0.717) is 0 Å². The van der Waals surface area contributed by atoms with Gasteiger partial charge in [-0.2, -0.15) is 0 Å². The second-order valence-electron chi connectivity index (χ2n) is 6.62. The summed E-state index contributed by atoms with van der Waals surface area (Å²) in [6, 6.07) is 6.10. The third-order valence-corrected chi connectivity index (χ3v) is 5.06. The fraction of sp³-hybridized carbons (Fsp3) is 0.200. The molecule has 2 aliphatic carbocycles. The van der Waals surface area contributed by atoms with Crippen LogP contribution in [0.15, 0.2) is 24.3 Å². The second kappa shape index (κ2) is 5.18. The van der Waals surface area contributed by atoms with E-state index in [9.17, 15) is 30.0 Å². The van der Waals surface area contributed by atoms with Crippen LogP contribution in [0.25, 0.3) is 0 Å². The number of hydrogen-bond donors (Lipinski definition) is 4. The number of fused-ring (bicyclic) bond motifs is 3. The van der Waals surface area contributed by atoms with E-state index in [1.54, 1.807) is 12.1 Å². The Morgan fingerprint density at radius 1 is 1.04 bits per heavy atom. The van der Waals surface area contributed by atoms with E-state index in [0.717, 1.165) is 0 Å². The Bertz CT molecular complexity index is 1050. The first-order valence-electron chi connectivity index (χ1n) is 7.96. The normalized spacial score (nSPS) is 23.7. The lowest BCUT2D eigenvalue weighted by Crippen LogP contribution is -2.37. The quantitative estimate of drug-likeness (QED) is 0.358. The zero-order valence-corrected chi connectivity index (χ0v) is 13.5. The molecule has 0 aromatic heterocycles. The van der Waals surface area contributed by atoms with E-state index < -0.39 is 34.8 Å². The highest BCUT2D eigenvalue weighted by Gasteiger charge is 2.44. The van der Waals surface area contributed by atoms with Crippen molar-refractivity contribution in [1.82, 2.24) is 0 Å². The maximum atomic E-state index is 12.8. The molecule has 0 unspecified atom stereocenters. The smallest absolute Gasteiger partial charge is 0.198 e. The highest BCUT2D eigenvalue weighted by Crippen LogP contribution is 2.49. The van der Waals surface area contributed by atoms with Crippen molar-refractivity contribution in [2.75, 3.05) is 0 Å². The number of phenols is 2. The van der Waals surface area contributed by atoms with Crippen molar-refractivity contribution < 1.29 is 30.0 Å². The van der Waals surface area contributed by atoms with Gasteiger partial charge >= 0.3 is 0 Å². The van der Waals surface area contributed by atoms with Crippen molar-refractivity contribution in [2.24, 2.45) is 0 Å². The van der Waals surface area contributed by atoms with Gasteiger partial charge in [0.25, 0.3) is 0 Å². The van der Waals surface area contributed by atoms with Crippen molar-refractivity contribution in [3.63, 3.8) is 0 Å². The van der Waals surface area contributed by atoms with Crippen LogP contribution in [0.3, 0.4) is 0 Å². The molecule has 2 atom stereocenters. The molecule has 0 aliphatic heterocycles. The van der Waals surface area contributed by atoms with Crippen molar-refractivity contribution in [1.29, 1.82) is 0 Å². The van der Waals surface area contributed by atoms with Gasteiger partial charge in [-0.3, -0.25) is 9.59 Å². The first kappa shape index (κ1) is 16.3. The molecular formula is C20H14O6. The molecule has 2 aliphatic rings.